The lowest BCUT2D eigenvalue weighted by atomic mass is 10.2. The number of esters is 1. The molecule has 2 amide bonds. The number of benzene rings is 2. The van der Waals surface area contributed by atoms with Gasteiger partial charge in [-0.3, -0.25) is 14.9 Å². The van der Waals surface area contributed by atoms with E-state index in [1.807, 2.05) is 11.5 Å². The highest BCUT2D eigenvalue weighted by atomic mass is 35.5. The van der Waals surface area contributed by atoms with Gasteiger partial charge in [0.05, 0.1) is 18.4 Å². The van der Waals surface area contributed by atoms with Crippen LogP contribution in [0.5, 0.6) is 17.2 Å². The summed E-state index contributed by atoms with van der Waals surface area (Å²) in [6.45, 7) is 2.87. The summed E-state index contributed by atoms with van der Waals surface area (Å²) in [6.07, 6.45) is -1.00. The lowest BCUT2D eigenvalue weighted by Crippen LogP contribution is -2.47. The molecule has 0 unspecified atom stereocenters. The van der Waals surface area contributed by atoms with Crippen LogP contribution in [0.4, 0.5) is 0 Å². The van der Waals surface area contributed by atoms with E-state index in [9.17, 15) is 14.4 Å². The largest absolute Gasteiger partial charge is 0.495 e. The van der Waals surface area contributed by atoms with Crippen molar-refractivity contribution in [3.63, 3.8) is 0 Å². The molecule has 3 aromatic rings. The van der Waals surface area contributed by atoms with Gasteiger partial charge < -0.3 is 23.5 Å². The smallest absolute Gasteiger partial charge is 0.340 e. The molecule has 1 N–H and O–H groups in total. The quantitative estimate of drug-likeness (QED) is 0.519. The third kappa shape index (κ3) is 5.09. The van der Waals surface area contributed by atoms with Crippen LogP contribution in [0.15, 0.2) is 48.5 Å². The number of nitrogens with zero attached hydrogens (tertiary/aromatic N) is 1. The summed E-state index contributed by atoms with van der Waals surface area (Å²) in [5.41, 5.74) is 2.25. The van der Waals surface area contributed by atoms with Crippen molar-refractivity contribution in [3.05, 3.63) is 70.5 Å². The number of carbonyl (C=O) groups excluding carboxylic acids is 3. The minimum atomic E-state index is -1.00. The van der Waals surface area contributed by atoms with E-state index >= 15 is 0 Å². The summed E-state index contributed by atoms with van der Waals surface area (Å²) in [7, 11) is 1.54. The Bertz CT molecular complexity index is 1300. The minimum Gasteiger partial charge on any atom is -0.495 e. The Morgan fingerprint density at radius 3 is 2.60 bits per heavy atom. The maximum absolute atomic E-state index is 12.7. The second kappa shape index (κ2) is 10.1. The monoisotopic (exact) mass is 498 g/mol. The summed E-state index contributed by atoms with van der Waals surface area (Å²) in [5, 5.41) is 2.68. The molecule has 0 bridgehead atoms. The zero-order valence-corrected chi connectivity index (χ0v) is 20.0. The third-order valence-electron chi connectivity index (χ3n) is 5.43. The Balaban J connectivity index is 1.39. The minimum absolute atomic E-state index is 0.0468. The van der Waals surface area contributed by atoms with Gasteiger partial charge in [0.15, 0.2) is 18.1 Å². The zero-order chi connectivity index (χ0) is 25.1. The van der Waals surface area contributed by atoms with E-state index in [0.717, 1.165) is 5.69 Å². The van der Waals surface area contributed by atoms with Gasteiger partial charge in [0.2, 0.25) is 6.10 Å². The predicted octanol–water partition coefficient (Wildman–Crippen LogP) is 3.40. The van der Waals surface area contributed by atoms with E-state index in [1.54, 1.807) is 62.6 Å². The highest BCUT2D eigenvalue weighted by Gasteiger charge is 2.29. The van der Waals surface area contributed by atoms with Crippen molar-refractivity contribution in [1.29, 1.82) is 0 Å². The predicted molar refractivity (Wildman–Crippen MR) is 127 cm³/mol. The van der Waals surface area contributed by atoms with E-state index in [2.05, 4.69) is 5.32 Å². The molecule has 0 spiro atoms. The molecule has 1 atom stereocenters. The fourth-order valence-electron chi connectivity index (χ4n) is 3.79. The molecule has 10 heteroatoms. The molecule has 1 aromatic heterocycles. The Morgan fingerprint density at radius 2 is 1.86 bits per heavy atom. The van der Waals surface area contributed by atoms with Gasteiger partial charge in [0, 0.05) is 16.4 Å². The highest BCUT2D eigenvalue weighted by molar-refractivity contribution is 6.30. The van der Waals surface area contributed by atoms with E-state index < -0.39 is 30.5 Å². The number of para-hydroxylation sites is 2. The maximum Gasteiger partial charge on any atom is 0.340 e. The van der Waals surface area contributed by atoms with Crippen LogP contribution in [0.1, 0.15) is 21.7 Å². The van der Waals surface area contributed by atoms with Gasteiger partial charge in [0.25, 0.3) is 11.8 Å². The second-order valence-electron chi connectivity index (χ2n) is 7.79. The average Bonchev–Trinajstić information content (AvgIpc) is 3.15. The SMILES string of the molecule is COc1ccc(Cl)cc1-n1c(C)cc(C(=O)OCC(=O)NC(=O)[C@@H]2COc3ccccc3O2)c1C. The number of methoxy groups -OCH3 is 1. The summed E-state index contributed by atoms with van der Waals surface area (Å²) in [6, 6.07) is 13.7. The molecule has 0 saturated carbocycles. The topological polar surface area (TPSA) is 105 Å². The fraction of sp³-hybridized carbons (Fsp3) is 0.240. The molecular weight excluding hydrogens is 476 g/mol. The van der Waals surface area contributed by atoms with Crippen molar-refractivity contribution in [2.24, 2.45) is 0 Å². The van der Waals surface area contributed by atoms with Crippen LogP contribution in [-0.4, -0.2) is 48.8 Å². The number of ether oxygens (including phenoxy) is 4. The van der Waals surface area contributed by atoms with Gasteiger partial charge in [0.1, 0.15) is 12.4 Å². The lowest BCUT2D eigenvalue weighted by Gasteiger charge is -2.25. The van der Waals surface area contributed by atoms with E-state index in [1.165, 1.54) is 0 Å². The number of aryl methyl sites for hydroxylation is 1. The summed E-state index contributed by atoms with van der Waals surface area (Å²) in [4.78, 5) is 37.3. The second-order valence-corrected chi connectivity index (χ2v) is 8.23. The van der Waals surface area contributed by atoms with Crippen molar-refractivity contribution in [3.8, 4) is 22.9 Å². The molecule has 182 valence electrons. The Labute approximate surface area is 206 Å². The molecular formula is C25H23ClN2O7. The first-order valence-electron chi connectivity index (χ1n) is 10.7. The highest BCUT2D eigenvalue weighted by Crippen LogP contribution is 2.32. The first-order valence-corrected chi connectivity index (χ1v) is 11.1. The van der Waals surface area contributed by atoms with Gasteiger partial charge in [-0.1, -0.05) is 23.7 Å². The molecule has 1 aliphatic heterocycles. The van der Waals surface area contributed by atoms with Crippen LogP contribution in [-0.2, 0) is 14.3 Å². The standard InChI is InChI=1S/C25H23ClN2O7/c1-14-10-17(15(2)28(14)18-11-16(26)8-9-19(18)32-3)25(31)34-13-23(29)27-24(30)22-12-33-20-6-4-5-7-21(20)35-22/h4-11,22H,12-13H2,1-3H3,(H,27,29,30)/t22-/m0/s1. The van der Waals surface area contributed by atoms with Gasteiger partial charge in [-0.25, -0.2) is 4.79 Å². The Morgan fingerprint density at radius 1 is 1.11 bits per heavy atom. The van der Waals surface area contributed by atoms with Gasteiger partial charge in [-0.15, -0.1) is 0 Å². The van der Waals surface area contributed by atoms with Crippen molar-refractivity contribution < 1.29 is 33.3 Å². The number of halogens is 1. The fourth-order valence-corrected chi connectivity index (χ4v) is 3.96. The van der Waals surface area contributed by atoms with Crippen LogP contribution < -0.4 is 19.5 Å². The molecule has 0 fully saturated rings. The molecule has 2 heterocycles. The first kappa shape index (κ1) is 24.2. The molecule has 0 aliphatic carbocycles. The van der Waals surface area contributed by atoms with Crippen LogP contribution in [0.2, 0.25) is 5.02 Å². The normalized spacial score (nSPS) is 14.2. The third-order valence-corrected chi connectivity index (χ3v) is 5.67. The van der Waals surface area contributed by atoms with Gasteiger partial charge in [-0.2, -0.15) is 0 Å². The molecule has 9 nitrogen and oxygen atoms in total. The van der Waals surface area contributed by atoms with Crippen LogP contribution in [0.25, 0.3) is 5.69 Å². The van der Waals surface area contributed by atoms with E-state index in [-0.39, 0.29) is 12.2 Å². The van der Waals surface area contributed by atoms with Crippen LogP contribution in [0, 0.1) is 13.8 Å². The van der Waals surface area contributed by atoms with Crippen LogP contribution in [0.3, 0.4) is 0 Å². The van der Waals surface area contributed by atoms with Crippen molar-refractivity contribution in [2.45, 2.75) is 20.0 Å². The average molecular weight is 499 g/mol. The molecule has 4 rings (SSSR count). The molecule has 1 aliphatic rings. The molecule has 35 heavy (non-hydrogen) atoms. The van der Waals surface area contributed by atoms with E-state index in [4.69, 9.17) is 30.5 Å². The van der Waals surface area contributed by atoms with Gasteiger partial charge in [-0.05, 0) is 50.2 Å². The number of hydrogen-bond donors (Lipinski definition) is 1. The number of rotatable bonds is 6. The number of carbonyl (C=O) groups is 3. The maximum atomic E-state index is 12.7. The zero-order valence-electron chi connectivity index (χ0n) is 19.3. The Hall–Kier alpha value is -3.98. The van der Waals surface area contributed by atoms with Crippen LogP contribution >= 0.6 is 11.6 Å². The number of amides is 2. The molecule has 2 aromatic carbocycles. The number of imide groups is 1. The first-order chi connectivity index (χ1) is 16.8. The van der Waals surface area contributed by atoms with Crippen molar-refractivity contribution >= 4 is 29.4 Å². The summed E-state index contributed by atoms with van der Waals surface area (Å²) >= 11 is 6.16. The number of nitrogens with one attached hydrogen (secondary N) is 1. The molecule has 0 saturated heterocycles. The number of hydrogen-bond acceptors (Lipinski definition) is 7. The lowest BCUT2D eigenvalue weighted by molar-refractivity contribution is -0.137. The molecule has 0 radical (unpaired) electrons. The van der Waals surface area contributed by atoms with Gasteiger partial charge >= 0.3 is 5.97 Å². The number of aromatic nitrogens is 1. The van der Waals surface area contributed by atoms with Crippen molar-refractivity contribution in [2.75, 3.05) is 20.3 Å². The Kier molecular flexibility index (Phi) is 6.97. The summed E-state index contributed by atoms with van der Waals surface area (Å²) in [5.74, 6) is -0.679. The number of fused-ring (bicyclic) bond motifs is 1. The summed E-state index contributed by atoms with van der Waals surface area (Å²) < 4.78 is 23.4. The van der Waals surface area contributed by atoms with E-state index in [0.29, 0.717) is 33.7 Å². The van der Waals surface area contributed by atoms with Crippen molar-refractivity contribution in [1.82, 2.24) is 9.88 Å².